The molecule has 1 unspecified atom stereocenters. The molecule has 0 fully saturated rings. The minimum atomic E-state index is -0.720. The maximum atomic E-state index is 12.8. The number of amides is 1. The zero-order chi connectivity index (χ0) is 16.8. The number of benzene rings is 2. The molecular formula is C17H14N2O5. The molecule has 1 atom stereocenters. The standard InChI is InChI=1S/C17H14N2O5/c1-18-13-9-15-14(23-6-7-24-15)8-11(13)16(17(18)20)10-4-2-3-5-12(10)19(21)22/h2-5,8-9,16H,6-7H2,1H3. The van der Waals surface area contributed by atoms with Crippen LogP contribution in [0.3, 0.4) is 0 Å². The van der Waals surface area contributed by atoms with E-state index in [-0.39, 0.29) is 11.6 Å². The summed E-state index contributed by atoms with van der Waals surface area (Å²) < 4.78 is 11.2. The Hall–Kier alpha value is -3.09. The third kappa shape index (κ3) is 2.01. The molecule has 2 aromatic carbocycles. The monoisotopic (exact) mass is 326 g/mol. The van der Waals surface area contributed by atoms with E-state index >= 15 is 0 Å². The average Bonchev–Trinajstić information content (AvgIpc) is 2.83. The zero-order valence-corrected chi connectivity index (χ0v) is 12.9. The van der Waals surface area contributed by atoms with E-state index in [2.05, 4.69) is 0 Å². The van der Waals surface area contributed by atoms with E-state index in [1.807, 2.05) is 0 Å². The van der Waals surface area contributed by atoms with E-state index < -0.39 is 10.8 Å². The van der Waals surface area contributed by atoms with E-state index in [0.29, 0.717) is 41.5 Å². The van der Waals surface area contributed by atoms with Crippen molar-refractivity contribution in [3.8, 4) is 11.5 Å². The van der Waals surface area contributed by atoms with Gasteiger partial charge >= 0.3 is 0 Å². The van der Waals surface area contributed by atoms with Crippen molar-refractivity contribution in [1.29, 1.82) is 0 Å². The van der Waals surface area contributed by atoms with Gasteiger partial charge in [0.1, 0.15) is 13.2 Å². The minimum absolute atomic E-state index is 0.0630. The fourth-order valence-corrected chi connectivity index (χ4v) is 3.26. The number of ether oxygens (including phenoxy) is 2. The summed E-state index contributed by atoms with van der Waals surface area (Å²) >= 11 is 0. The molecule has 122 valence electrons. The number of hydrogen-bond acceptors (Lipinski definition) is 5. The fraction of sp³-hybridized carbons (Fsp3) is 0.235. The molecule has 0 bridgehead atoms. The lowest BCUT2D eigenvalue weighted by atomic mass is 9.91. The van der Waals surface area contributed by atoms with E-state index in [4.69, 9.17) is 9.47 Å². The molecule has 4 rings (SSSR count). The summed E-state index contributed by atoms with van der Waals surface area (Å²) in [5.41, 5.74) is 1.70. The van der Waals surface area contributed by atoms with Gasteiger partial charge in [-0.05, 0) is 11.6 Å². The predicted molar refractivity (Wildman–Crippen MR) is 85.8 cm³/mol. The minimum Gasteiger partial charge on any atom is -0.486 e. The Balaban J connectivity index is 1.91. The SMILES string of the molecule is CN1C(=O)C(c2ccccc2[N+](=O)[O-])c2cc3c(cc21)OCCO3. The summed E-state index contributed by atoms with van der Waals surface area (Å²) in [4.78, 5) is 25.2. The van der Waals surface area contributed by atoms with Gasteiger partial charge in [0, 0.05) is 24.7 Å². The second kappa shape index (κ2) is 5.23. The predicted octanol–water partition coefficient (Wildman–Crippen LogP) is 2.47. The van der Waals surface area contributed by atoms with Gasteiger partial charge in [-0.2, -0.15) is 0 Å². The van der Waals surface area contributed by atoms with Gasteiger partial charge in [0.25, 0.3) is 5.69 Å². The summed E-state index contributed by atoms with van der Waals surface area (Å²) in [5.74, 6) is 0.221. The lowest BCUT2D eigenvalue weighted by Gasteiger charge is -2.20. The lowest BCUT2D eigenvalue weighted by Crippen LogP contribution is -2.24. The Labute approximate surface area is 137 Å². The molecule has 7 heteroatoms. The molecule has 2 heterocycles. The number of anilines is 1. The van der Waals surface area contributed by atoms with E-state index in [1.54, 1.807) is 37.4 Å². The van der Waals surface area contributed by atoms with Crippen LogP contribution in [-0.2, 0) is 4.79 Å². The van der Waals surface area contributed by atoms with Crippen molar-refractivity contribution >= 4 is 17.3 Å². The molecule has 2 aliphatic rings. The summed E-state index contributed by atoms with van der Waals surface area (Å²) in [6.45, 7) is 0.892. The number of para-hydroxylation sites is 1. The van der Waals surface area contributed by atoms with Gasteiger partial charge in [-0.25, -0.2) is 0 Å². The third-order valence-corrected chi connectivity index (χ3v) is 4.39. The third-order valence-electron chi connectivity index (χ3n) is 4.39. The first kappa shape index (κ1) is 14.5. The molecule has 24 heavy (non-hydrogen) atoms. The zero-order valence-electron chi connectivity index (χ0n) is 12.9. The Bertz CT molecular complexity index is 864. The number of likely N-dealkylation sites (N-methyl/N-ethyl adjacent to an activating group) is 1. The maximum Gasteiger partial charge on any atom is 0.273 e. The molecule has 0 N–H and O–H groups in total. The van der Waals surface area contributed by atoms with Crippen LogP contribution in [0.4, 0.5) is 11.4 Å². The molecule has 0 radical (unpaired) electrons. The van der Waals surface area contributed by atoms with E-state index in [9.17, 15) is 14.9 Å². The first-order valence-corrected chi connectivity index (χ1v) is 7.52. The average molecular weight is 326 g/mol. The van der Waals surface area contributed by atoms with Crippen LogP contribution in [-0.4, -0.2) is 31.1 Å². The van der Waals surface area contributed by atoms with Crippen LogP contribution in [0.5, 0.6) is 11.5 Å². The van der Waals surface area contributed by atoms with Gasteiger partial charge < -0.3 is 14.4 Å². The van der Waals surface area contributed by atoms with Crippen LogP contribution >= 0.6 is 0 Å². The fourth-order valence-electron chi connectivity index (χ4n) is 3.26. The van der Waals surface area contributed by atoms with Gasteiger partial charge in [0.2, 0.25) is 5.91 Å². The van der Waals surface area contributed by atoms with Gasteiger partial charge in [-0.1, -0.05) is 18.2 Å². The van der Waals surface area contributed by atoms with Crippen molar-refractivity contribution in [2.24, 2.45) is 0 Å². The Morgan fingerprint density at radius 3 is 2.50 bits per heavy atom. The highest BCUT2D eigenvalue weighted by atomic mass is 16.6. The number of nitro groups is 1. The number of carbonyl (C=O) groups is 1. The normalized spacial score (nSPS) is 18.5. The van der Waals surface area contributed by atoms with Crippen molar-refractivity contribution in [2.75, 3.05) is 25.2 Å². The first-order valence-electron chi connectivity index (χ1n) is 7.52. The van der Waals surface area contributed by atoms with E-state index in [0.717, 1.165) is 0 Å². The number of nitrogens with zero attached hydrogens (tertiary/aromatic N) is 2. The number of hydrogen-bond donors (Lipinski definition) is 0. The summed E-state index contributed by atoms with van der Waals surface area (Å²) in [5, 5.41) is 11.3. The van der Waals surface area contributed by atoms with Crippen molar-refractivity contribution in [3.63, 3.8) is 0 Å². The highest BCUT2D eigenvalue weighted by molar-refractivity contribution is 6.07. The molecule has 0 saturated heterocycles. The maximum absolute atomic E-state index is 12.8. The van der Waals surface area contributed by atoms with Crippen LogP contribution < -0.4 is 14.4 Å². The Morgan fingerprint density at radius 2 is 1.79 bits per heavy atom. The van der Waals surface area contributed by atoms with Crippen molar-refractivity contribution < 1.29 is 19.2 Å². The highest BCUT2D eigenvalue weighted by Crippen LogP contribution is 2.48. The quantitative estimate of drug-likeness (QED) is 0.625. The van der Waals surface area contributed by atoms with Gasteiger partial charge in [-0.3, -0.25) is 14.9 Å². The number of fused-ring (bicyclic) bond motifs is 2. The van der Waals surface area contributed by atoms with Crippen LogP contribution in [0, 0.1) is 10.1 Å². The second-order valence-electron chi connectivity index (χ2n) is 5.70. The summed E-state index contributed by atoms with van der Waals surface area (Å²) in [6.07, 6.45) is 0. The summed E-state index contributed by atoms with van der Waals surface area (Å²) in [7, 11) is 1.66. The molecule has 0 spiro atoms. The lowest BCUT2D eigenvalue weighted by molar-refractivity contribution is -0.385. The van der Waals surface area contributed by atoms with Crippen LogP contribution in [0.1, 0.15) is 17.0 Å². The van der Waals surface area contributed by atoms with Crippen molar-refractivity contribution in [2.45, 2.75) is 5.92 Å². The molecule has 2 aliphatic heterocycles. The van der Waals surface area contributed by atoms with Crippen LogP contribution in [0.15, 0.2) is 36.4 Å². The number of rotatable bonds is 2. The molecule has 0 saturated carbocycles. The Morgan fingerprint density at radius 1 is 1.12 bits per heavy atom. The number of carbonyl (C=O) groups excluding carboxylic acids is 1. The van der Waals surface area contributed by atoms with E-state index in [1.165, 1.54) is 11.0 Å². The second-order valence-corrected chi connectivity index (χ2v) is 5.70. The molecule has 1 amide bonds. The largest absolute Gasteiger partial charge is 0.486 e. The van der Waals surface area contributed by atoms with Crippen LogP contribution in [0.2, 0.25) is 0 Å². The first-order chi connectivity index (χ1) is 11.6. The smallest absolute Gasteiger partial charge is 0.273 e. The molecule has 0 aromatic heterocycles. The van der Waals surface area contributed by atoms with Crippen molar-refractivity contribution in [1.82, 2.24) is 0 Å². The molecule has 7 nitrogen and oxygen atoms in total. The van der Waals surface area contributed by atoms with Gasteiger partial charge in [-0.15, -0.1) is 0 Å². The van der Waals surface area contributed by atoms with Crippen LogP contribution in [0.25, 0.3) is 0 Å². The Kier molecular flexibility index (Phi) is 3.16. The number of nitro benzene ring substituents is 1. The molecule has 2 aromatic rings. The molecule has 0 aliphatic carbocycles. The highest BCUT2D eigenvalue weighted by Gasteiger charge is 2.40. The molecular weight excluding hydrogens is 312 g/mol. The van der Waals surface area contributed by atoms with Gasteiger partial charge in [0.15, 0.2) is 11.5 Å². The van der Waals surface area contributed by atoms with Gasteiger partial charge in [0.05, 0.1) is 16.5 Å². The summed E-state index contributed by atoms with van der Waals surface area (Å²) in [6, 6.07) is 9.85. The topological polar surface area (TPSA) is 81.9 Å². The van der Waals surface area contributed by atoms with Crippen molar-refractivity contribution in [3.05, 3.63) is 57.6 Å².